The van der Waals surface area contributed by atoms with Gasteiger partial charge in [-0.2, -0.15) is 0 Å². The van der Waals surface area contributed by atoms with Crippen LogP contribution in [0.5, 0.6) is 0 Å². The number of rotatable bonds is 4. The van der Waals surface area contributed by atoms with E-state index in [1.165, 1.54) is 11.1 Å². The fourth-order valence-corrected chi connectivity index (χ4v) is 1.27. The maximum absolute atomic E-state index is 10.2. The Morgan fingerprint density at radius 2 is 2.15 bits per heavy atom. The van der Waals surface area contributed by atoms with Crippen LogP contribution in [0.2, 0.25) is 0 Å². The largest absolute Gasteiger partial charge is 0.303 e. The van der Waals surface area contributed by atoms with Crippen LogP contribution in [0.25, 0.3) is 0 Å². The number of benzene rings is 1. The summed E-state index contributed by atoms with van der Waals surface area (Å²) in [6, 6.07) is 8.17. The molecule has 0 spiro atoms. The first-order chi connectivity index (χ1) is 6.24. The highest BCUT2D eigenvalue weighted by molar-refractivity contribution is 5.54. The minimum atomic E-state index is 0.467. The van der Waals surface area contributed by atoms with Gasteiger partial charge in [0, 0.05) is 6.42 Å². The van der Waals surface area contributed by atoms with E-state index in [-0.39, 0.29) is 0 Å². The summed E-state index contributed by atoms with van der Waals surface area (Å²) in [6.45, 7) is 5.92. The molecule has 0 bridgehead atoms. The molecule has 0 aliphatic heterocycles. The van der Waals surface area contributed by atoms with Crippen LogP contribution in [-0.2, 0) is 11.2 Å². The van der Waals surface area contributed by atoms with Crippen LogP contribution in [0.3, 0.4) is 0 Å². The van der Waals surface area contributed by atoms with Gasteiger partial charge in [-0.15, -0.1) is 0 Å². The zero-order valence-electron chi connectivity index (χ0n) is 7.92. The maximum atomic E-state index is 10.2. The van der Waals surface area contributed by atoms with E-state index in [1.54, 1.807) is 0 Å². The average Bonchev–Trinajstić information content (AvgIpc) is 2.09. The quantitative estimate of drug-likeness (QED) is 0.506. The second kappa shape index (κ2) is 4.61. The van der Waals surface area contributed by atoms with E-state index in [1.807, 2.05) is 12.1 Å². The van der Waals surface area contributed by atoms with Gasteiger partial charge in [0.05, 0.1) is 0 Å². The molecule has 0 aliphatic carbocycles. The molecule has 0 N–H and O–H groups in total. The predicted molar refractivity (Wildman–Crippen MR) is 54.7 cm³/mol. The summed E-state index contributed by atoms with van der Waals surface area (Å²) >= 11 is 0. The number of hydrogen-bond acceptors (Lipinski definition) is 1. The van der Waals surface area contributed by atoms with Crippen molar-refractivity contribution in [2.75, 3.05) is 0 Å². The van der Waals surface area contributed by atoms with Crippen molar-refractivity contribution in [3.05, 3.63) is 47.5 Å². The molecule has 0 atom stereocenters. The van der Waals surface area contributed by atoms with Crippen molar-refractivity contribution in [1.29, 1.82) is 0 Å². The topological polar surface area (TPSA) is 17.1 Å². The van der Waals surface area contributed by atoms with Gasteiger partial charge in [-0.3, -0.25) is 0 Å². The lowest BCUT2D eigenvalue weighted by Crippen LogP contribution is -1.92. The summed E-state index contributed by atoms with van der Waals surface area (Å²) in [4.78, 5) is 10.2. The van der Waals surface area contributed by atoms with Gasteiger partial charge in [0.1, 0.15) is 6.29 Å². The Hall–Kier alpha value is -1.37. The molecule has 0 saturated heterocycles. The molecule has 0 fully saturated rings. The molecule has 0 aromatic heterocycles. The second-order valence-electron chi connectivity index (χ2n) is 3.22. The summed E-state index contributed by atoms with van der Waals surface area (Å²) in [6.07, 6.45) is 2.18. The standard InChI is InChI=1S/C12H14O/c1-10(7-8-13)9-12-6-4-3-5-11(12)2/h3-6,8H,1,7,9H2,2H3. The molecule has 68 valence electrons. The molecule has 0 heterocycles. The lowest BCUT2D eigenvalue weighted by Gasteiger charge is -2.05. The lowest BCUT2D eigenvalue weighted by atomic mass is 10.0. The Kier molecular flexibility index (Phi) is 3.44. The lowest BCUT2D eigenvalue weighted by molar-refractivity contribution is -0.107. The average molecular weight is 174 g/mol. The summed E-state index contributed by atoms with van der Waals surface area (Å²) in [5, 5.41) is 0. The van der Waals surface area contributed by atoms with Gasteiger partial charge in [0.15, 0.2) is 0 Å². The molecule has 13 heavy (non-hydrogen) atoms. The Morgan fingerprint density at radius 3 is 2.77 bits per heavy atom. The van der Waals surface area contributed by atoms with Crippen LogP contribution < -0.4 is 0 Å². The first kappa shape index (κ1) is 9.72. The number of aldehydes is 1. The van der Waals surface area contributed by atoms with Crippen LogP contribution in [0.15, 0.2) is 36.4 Å². The van der Waals surface area contributed by atoms with E-state index in [4.69, 9.17) is 0 Å². The third kappa shape index (κ3) is 2.86. The third-order valence-electron chi connectivity index (χ3n) is 2.07. The zero-order valence-corrected chi connectivity index (χ0v) is 7.92. The highest BCUT2D eigenvalue weighted by Crippen LogP contribution is 2.12. The van der Waals surface area contributed by atoms with E-state index in [0.717, 1.165) is 18.3 Å². The summed E-state index contributed by atoms with van der Waals surface area (Å²) in [7, 11) is 0. The smallest absolute Gasteiger partial charge is 0.124 e. The van der Waals surface area contributed by atoms with Crippen molar-refractivity contribution in [1.82, 2.24) is 0 Å². The van der Waals surface area contributed by atoms with Gasteiger partial charge in [0.25, 0.3) is 0 Å². The van der Waals surface area contributed by atoms with Crippen molar-refractivity contribution in [2.45, 2.75) is 19.8 Å². The highest BCUT2D eigenvalue weighted by Gasteiger charge is 1.99. The first-order valence-corrected chi connectivity index (χ1v) is 4.39. The van der Waals surface area contributed by atoms with E-state index in [0.29, 0.717) is 6.42 Å². The van der Waals surface area contributed by atoms with E-state index in [9.17, 15) is 4.79 Å². The van der Waals surface area contributed by atoms with Gasteiger partial charge < -0.3 is 4.79 Å². The van der Waals surface area contributed by atoms with Crippen LogP contribution in [0.1, 0.15) is 17.5 Å². The fraction of sp³-hybridized carbons (Fsp3) is 0.250. The number of allylic oxidation sites excluding steroid dienone is 1. The number of carbonyl (C=O) groups is 1. The monoisotopic (exact) mass is 174 g/mol. The molecule has 0 saturated carbocycles. The second-order valence-corrected chi connectivity index (χ2v) is 3.22. The Labute approximate surface area is 79.1 Å². The number of hydrogen-bond donors (Lipinski definition) is 0. The molecule has 0 unspecified atom stereocenters. The molecule has 1 aromatic rings. The minimum Gasteiger partial charge on any atom is -0.303 e. The van der Waals surface area contributed by atoms with Gasteiger partial charge in [-0.25, -0.2) is 0 Å². The van der Waals surface area contributed by atoms with E-state index < -0.39 is 0 Å². The SMILES string of the molecule is C=C(CC=O)Cc1ccccc1C. The predicted octanol–water partition coefficient (Wildman–Crippen LogP) is 2.68. The Morgan fingerprint density at radius 1 is 1.46 bits per heavy atom. The van der Waals surface area contributed by atoms with Crippen LogP contribution >= 0.6 is 0 Å². The van der Waals surface area contributed by atoms with E-state index >= 15 is 0 Å². The van der Waals surface area contributed by atoms with Crippen LogP contribution in [0, 0.1) is 6.92 Å². The third-order valence-corrected chi connectivity index (χ3v) is 2.07. The summed E-state index contributed by atoms with van der Waals surface area (Å²) in [5.41, 5.74) is 3.49. The van der Waals surface area contributed by atoms with Gasteiger partial charge >= 0.3 is 0 Å². The fourth-order valence-electron chi connectivity index (χ4n) is 1.27. The summed E-state index contributed by atoms with van der Waals surface area (Å²) < 4.78 is 0. The molecule has 1 nitrogen and oxygen atoms in total. The van der Waals surface area contributed by atoms with Crippen molar-refractivity contribution in [3.8, 4) is 0 Å². The number of aryl methyl sites for hydroxylation is 1. The molecule has 0 aliphatic rings. The Balaban J connectivity index is 2.68. The van der Waals surface area contributed by atoms with Gasteiger partial charge in [-0.05, 0) is 24.5 Å². The molecule has 0 amide bonds. The minimum absolute atomic E-state index is 0.467. The van der Waals surface area contributed by atoms with E-state index in [2.05, 4.69) is 25.6 Å². The zero-order chi connectivity index (χ0) is 9.68. The van der Waals surface area contributed by atoms with Gasteiger partial charge in [-0.1, -0.05) is 36.4 Å². The molecule has 1 aromatic carbocycles. The van der Waals surface area contributed by atoms with Crippen molar-refractivity contribution >= 4 is 6.29 Å². The molecule has 1 heteroatoms. The maximum Gasteiger partial charge on any atom is 0.124 e. The van der Waals surface area contributed by atoms with Crippen molar-refractivity contribution < 1.29 is 4.79 Å². The summed E-state index contributed by atoms with van der Waals surface area (Å²) in [5.74, 6) is 0. The highest BCUT2D eigenvalue weighted by atomic mass is 16.1. The van der Waals surface area contributed by atoms with Crippen LogP contribution in [0.4, 0.5) is 0 Å². The normalized spacial score (nSPS) is 9.62. The Bertz CT molecular complexity index is 313. The van der Waals surface area contributed by atoms with Crippen molar-refractivity contribution in [3.63, 3.8) is 0 Å². The number of carbonyl (C=O) groups excluding carboxylic acids is 1. The van der Waals surface area contributed by atoms with Crippen LogP contribution in [-0.4, -0.2) is 6.29 Å². The molecular formula is C12H14O. The first-order valence-electron chi connectivity index (χ1n) is 4.39. The molecular weight excluding hydrogens is 160 g/mol. The molecule has 1 rings (SSSR count). The van der Waals surface area contributed by atoms with Crippen molar-refractivity contribution in [2.24, 2.45) is 0 Å². The molecule has 0 radical (unpaired) electrons. The van der Waals surface area contributed by atoms with Gasteiger partial charge in [0.2, 0.25) is 0 Å².